The summed E-state index contributed by atoms with van der Waals surface area (Å²) >= 11 is 0. The summed E-state index contributed by atoms with van der Waals surface area (Å²) in [6.07, 6.45) is 5.24. The number of hydrogen-bond acceptors (Lipinski definition) is 3. The molecule has 1 amide bonds. The van der Waals surface area contributed by atoms with Gasteiger partial charge in [0.2, 0.25) is 0 Å². The van der Waals surface area contributed by atoms with Crippen molar-refractivity contribution in [2.45, 2.75) is 0 Å². The van der Waals surface area contributed by atoms with Crippen LogP contribution in [0.1, 0.15) is 15.9 Å². The molecule has 5 heteroatoms. The number of methoxy groups -OCH3 is 1. The van der Waals surface area contributed by atoms with Crippen LogP contribution in [0.2, 0.25) is 0 Å². The molecule has 0 unspecified atom stereocenters. The van der Waals surface area contributed by atoms with E-state index in [2.05, 4.69) is 16.5 Å². The maximum Gasteiger partial charge on any atom is 0.250 e. The Morgan fingerprint density at radius 2 is 2.14 bits per heavy atom. The van der Waals surface area contributed by atoms with Gasteiger partial charge in [-0.15, -0.1) is 0 Å². The largest absolute Gasteiger partial charge is 0.497 e. The van der Waals surface area contributed by atoms with E-state index in [0.717, 1.165) is 27.6 Å². The number of fused-ring (bicyclic) bond motifs is 1. The number of nitrogens with zero attached hydrogens (tertiary/aromatic N) is 1. The third-order valence-corrected chi connectivity index (χ3v) is 3.61. The first-order chi connectivity index (χ1) is 10.6. The summed E-state index contributed by atoms with van der Waals surface area (Å²) in [7, 11) is 1.57. The van der Waals surface area contributed by atoms with Crippen LogP contribution in [0.25, 0.3) is 27.8 Å². The molecule has 110 valence electrons. The maximum atomic E-state index is 11.5. The molecule has 0 radical (unpaired) electrons. The molecular formula is C17H15N3O2. The van der Waals surface area contributed by atoms with Crippen molar-refractivity contribution in [2.24, 2.45) is 5.73 Å². The predicted octanol–water partition coefficient (Wildman–Crippen LogP) is 2.95. The molecule has 5 nitrogen and oxygen atoms in total. The fourth-order valence-electron chi connectivity index (χ4n) is 2.47. The van der Waals surface area contributed by atoms with Gasteiger partial charge in [0.1, 0.15) is 5.76 Å². The molecule has 3 N–H and O–H groups in total. The van der Waals surface area contributed by atoms with E-state index in [1.165, 1.54) is 0 Å². The maximum absolute atomic E-state index is 11.5. The second-order valence-electron chi connectivity index (χ2n) is 4.88. The number of H-pyrrole nitrogens is 1. The number of carbonyl (C=O) groups is 1. The SMILES string of the molecule is C=C(OC)c1cncc(-c2ccc(C(N)=O)c3[nH]ccc23)c1. The van der Waals surface area contributed by atoms with Gasteiger partial charge in [-0.2, -0.15) is 0 Å². The number of nitrogens with one attached hydrogen (secondary N) is 1. The minimum atomic E-state index is -0.460. The summed E-state index contributed by atoms with van der Waals surface area (Å²) in [6.45, 7) is 3.84. The summed E-state index contributed by atoms with van der Waals surface area (Å²) in [4.78, 5) is 18.8. The van der Waals surface area contributed by atoms with Crippen molar-refractivity contribution < 1.29 is 9.53 Å². The summed E-state index contributed by atoms with van der Waals surface area (Å²) in [5.74, 6) is 0.0899. The van der Waals surface area contributed by atoms with Crippen molar-refractivity contribution in [3.8, 4) is 11.1 Å². The van der Waals surface area contributed by atoms with Gasteiger partial charge in [-0.05, 0) is 23.8 Å². The van der Waals surface area contributed by atoms with Gasteiger partial charge in [-0.3, -0.25) is 9.78 Å². The van der Waals surface area contributed by atoms with E-state index in [0.29, 0.717) is 11.3 Å². The lowest BCUT2D eigenvalue weighted by molar-refractivity contribution is 0.100. The number of hydrogen-bond donors (Lipinski definition) is 2. The average molecular weight is 293 g/mol. The number of rotatable bonds is 4. The van der Waals surface area contributed by atoms with E-state index in [9.17, 15) is 4.79 Å². The molecule has 0 aliphatic carbocycles. The van der Waals surface area contributed by atoms with Crippen molar-refractivity contribution in [3.05, 3.63) is 60.6 Å². The molecule has 0 saturated carbocycles. The van der Waals surface area contributed by atoms with E-state index >= 15 is 0 Å². The fraction of sp³-hybridized carbons (Fsp3) is 0.0588. The Labute approximate surface area is 127 Å². The van der Waals surface area contributed by atoms with Crippen LogP contribution >= 0.6 is 0 Å². The number of pyridine rings is 1. The zero-order chi connectivity index (χ0) is 15.7. The number of carbonyl (C=O) groups excluding carboxylic acids is 1. The highest BCUT2D eigenvalue weighted by molar-refractivity contribution is 6.09. The summed E-state index contributed by atoms with van der Waals surface area (Å²) in [6, 6.07) is 7.44. The molecule has 0 aliphatic heterocycles. The van der Waals surface area contributed by atoms with Crippen molar-refractivity contribution in [1.29, 1.82) is 0 Å². The molecule has 0 saturated heterocycles. The van der Waals surface area contributed by atoms with Gasteiger partial charge >= 0.3 is 0 Å². The zero-order valence-corrected chi connectivity index (χ0v) is 12.1. The number of primary amides is 1. The van der Waals surface area contributed by atoms with E-state index in [1.54, 1.807) is 31.8 Å². The average Bonchev–Trinajstić information content (AvgIpc) is 3.02. The van der Waals surface area contributed by atoms with E-state index in [-0.39, 0.29) is 0 Å². The van der Waals surface area contributed by atoms with E-state index in [1.807, 2.05) is 18.2 Å². The molecular weight excluding hydrogens is 278 g/mol. The molecule has 22 heavy (non-hydrogen) atoms. The Hall–Kier alpha value is -3.08. The molecule has 1 aromatic carbocycles. The minimum absolute atomic E-state index is 0.460. The van der Waals surface area contributed by atoms with Crippen LogP contribution in [0.3, 0.4) is 0 Å². The molecule has 0 spiro atoms. The first-order valence-electron chi connectivity index (χ1n) is 6.70. The number of aromatic nitrogens is 2. The van der Waals surface area contributed by atoms with E-state index in [4.69, 9.17) is 10.5 Å². The molecule has 3 rings (SSSR count). The van der Waals surface area contributed by atoms with Crippen molar-refractivity contribution in [2.75, 3.05) is 7.11 Å². The third-order valence-electron chi connectivity index (χ3n) is 3.61. The lowest BCUT2D eigenvalue weighted by Gasteiger charge is -2.09. The zero-order valence-electron chi connectivity index (χ0n) is 12.1. The molecule has 0 atom stereocenters. The number of nitrogens with two attached hydrogens (primary N) is 1. The van der Waals surface area contributed by atoms with Crippen molar-refractivity contribution in [3.63, 3.8) is 0 Å². The van der Waals surface area contributed by atoms with Crippen molar-refractivity contribution >= 4 is 22.6 Å². The Morgan fingerprint density at radius 1 is 1.32 bits per heavy atom. The summed E-state index contributed by atoms with van der Waals surface area (Å²) < 4.78 is 5.15. The fourth-order valence-corrected chi connectivity index (χ4v) is 2.47. The third kappa shape index (κ3) is 2.22. The van der Waals surface area contributed by atoms with Gasteiger partial charge in [-0.1, -0.05) is 12.6 Å². The van der Waals surface area contributed by atoms with Gasteiger partial charge in [0, 0.05) is 35.1 Å². The van der Waals surface area contributed by atoms with Crippen LogP contribution in [0.15, 0.2) is 49.4 Å². The molecule has 2 aromatic heterocycles. The molecule has 3 aromatic rings. The van der Waals surface area contributed by atoms with Crippen LogP contribution < -0.4 is 5.73 Å². The standard InChI is InChI=1S/C17H15N3O2/c1-10(22-2)11-7-12(9-19-8-11)13-3-4-15(17(18)21)16-14(13)5-6-20-16/h3-9,20H,1H2,2H3,(H2,18,21). The van der Waals surface area contributed by atoms with Gasteiger partial charge in [0.15, 0.2) is 0 Å². The normalized spacial score (nSPS) is 10.6. The smallest absolute Gasteiger partial charge is 0.250 e. The summed E-state index contributed by atoms with van der Waals surface area (Å²) in [5, 5.41) is 0.915. The van der Waals surface area contributed by atoms with E-state index < -0.39 is 5.91 Å². The Morgan fingerprint density at radius 3 is 2.86 bits per heavy atom. The Bertz CT molecular complexity index is 880. The number of ether oxygens (including phenoxy) is 1. The van der Waals surface area contributed by atoms with Crippen LogP contribution in [-0.2, 0) is 4.74 Å². The lowest BCUT2D eigenvalue weighted by Crippen LogP contribution is -2.11. The van der Waals surface area contributed by atoms with Crippen molar-refractivity contribution in [1.82, 2.24) is 9.97 Å². The quantitative estimate of drug-likeness (QED) is 0.726. The minimum Gasteiger partial charge on any atom is -0.497 e. The second-order valence-corrected chi connectivity index (χ2v) is 4.88. The predicted molar refractivity (Wildman–Crippen MR) is 86.1 cm³/mol. The number of amides is 1. The van der Waals surface area contributed by atoms with Crippen LogP contribution in [0, 0.1) is 0 Å². The lowest BCUT2D eigenvalue weighted by atomic mass is 9.99. The molecule has 2 heterocycles. The Balaban J connectivity index is 2.19. The highest BCUT2D eigenvalue weighted by Crippen LogP contribution is 2.31. The molecule has 0 aliphatic rings. The number of benzene rings is 1. The first-order valence-corrected chi connectivity index (χ1v) is 6.70. The van der Waals surface area contributed by atoms with Gasteiger partial charge < -0.3 is 15.5 Å². The van der Waals surface area contributed by atoms with Crippen LogP contribution in [0.4, 0.5) is 0 Å². The monoisotopic (exact) mass is 293 g/mol. The highest BCUT2D eigenvalue weighted by Gasteiger charge is 2.13. The van der Waals surface area contributed by atoms with Gasteiger partial charge in [0.05, 0.1) is 18.2 Å². The highest BCUT2D eigenvalue weighted by atomic mass is 16.5. The van der Waals surface area contributed by atoms with Crippen LogP contribution in [-0.4, -0.2) is 23.0 Å². The number of aromatic amines is 1. The summed E-state index contributed by atoms with van der Waals surface area (Å²) in [5.41, 5.74) is 9.28. The van der Waals surface area contributed by atoms with Gasteiger partial charge in [-0.25, -0.2) is 0 Å². The molecule has 0 fully saturated rings. The Kier molecular flexibility index (Phi) is 3.39. The molecule has 0 bridgehead atoms. The van der Waals surface area contributed by atoms with Gasteiger partial charge in [0.25, 0.3) is 5.91 Å². The topological polar surface area (TPSA) is 81.0 Å². The van der Waals surface area contributed by atoms with Crippen LogP contribution in [0.5, 0.6) is 0 Å². The second kappa shape index (κ2) is 5.37. The first kappa shape index (κ1) is 13.9.